The van der Waals surface area contributed by atoms with Crippen LogP contribution in [0.4, 0.5) is 23.3 Å². The Bertz CT molecular complexity index is 667. The van der Waals surface area contributed by atoms with Crippen LogP contribution in [0.2, 0.25) is 0 Å². The zero-order valence-corrected chi connectivity index (χ0v) is 11.9. The van der Waals surface area contributed by atoms with Crippen LogP contribution in [0.5, 0.6) is 0 Å². The van der Waals surface area contributed by atoms with E-state index in [9.17, 15) is 10.1 Å². The predicted molar refractivity (Wildman–Crippen MR) is 80.6 cm³/mol. The van der Waals surface area contributed by atoms with E-state index >= 15 is 0 Å². The van der Waals surface area contributed by atoms with Crippen molar-refractivity contribution in [3.63, 3.8) is 0 Å². The van der Waals surface area contributed by atoms with E-state index in [1.165, 1.54) is 6.26 Å². The number of nitrogens with one attached hydrogen (secondary N) is 1. The summed E-state index contributed by atoms with van der Waals surface area (Å²) in [4.78, 5) is 20.9. The van der Waals surface area contributed by atoms with Gasteiger partial charge in [0.05, 0.1) is 17.7 Å². The summed E-state index contributed by atoms with van der Waals surface area (Å²) in [6.45, 7) is 1.94. The van der Waals surface area contributed by atoms with Gasteiger partial charge in [0.25, 0.3) is 0 Å². The molecule has 2 aromatic heterocycles. The monoisotopic (exact) mass is 304 g/mol. The maximum atomic E-state index is 11.2. The first-order valence-corrected chi connectivity index (χ1v) is 6.98. The zero-order valence-electron chi connectivity index (χ0n) is 11.9. The van der Waals surface area contributed by atoms with Crippen molar-refractivity contribution in [3.8, 4) is 0 Å². The van der Waals surface area contributed by atoms with Crippen molar-refractivity contribution in [2.45, 2.75) is 19.4 Å². The van der Waals surface area contributed by atoms with E-state index in [2.05, 4.69) is 15.3 Å². The summed E-state index contributed by atoms with van der Waals surface area (Å²) in [6, 6.07) is 3.51. The lowest BCUT2D eigenvalue weighted by Gasteiger charge is -2.16. The Labute approximate surface area is 126 Å². The van der Waals surface area contributed by atoms with Crippen molar-refractivity contribution >= 4 is 23.3 Å². The van der Waals surface area contributed by atoms with Gasteiger partial charge in [-0.3, -0.25) is 10.1 Å². The molecule has 0 radical (unpaired) electrons. The van der Waals surface area contributed by atoms with Gasteiger partial charge >= 0.3 is 5.69 Å². The SMILES string of the molecule is Nc1nc(N2CCCC2)nc(NCc2ccco2)c1[N+](=O)[O-]. The smallest absolute Gasteiger partial charge is 0.353 e. The summed E-state index contributed by atoms with van der Waals surface area (Å²) in [5.74, 6) is 1.04. The quantitative estimate of drug-likeness (QED) is 0.632. The molecule has 1 fully saturated rings. The fourth-order valence-electron chi connectivity index (χ4n) is 2.41. The van der Waals surface area contributed by atoms with Crippen LogP contribution in [0.1, 0.15) is 18.6 Å². The van der Waals surface area contributed by atoms with Crippen LogP contribution in [0, 0.1) is 10.1 Å². The van der Waals surface area contributed by atoms with Gasteiger partial charge in [0, 0.05) is 13.1 Å². The molecule has 0 unspecified atom stereocenters. The van der Waals surface area contributed by atoms with E-state index in [1.54, 1.807) is 12.1 Å². The van der Waals surface area contributed by atoms with Crippen LogP contribution in [0.3, 0.4) is 0 Å². The largest absolute Gasteiger partial charge is 0.467 e. The van der Waals surface area contributed by atoms with Gasteiger partial charge < -0.3 is 20.4 Å². The van der Waals surface area contributed by atoms with Gasteiger partial charge in [0.2, 0.25) is 17.6 Å². The molecule has 0 saturated carbocycles. The summed E-state index contributed by atoms with van der Waals surface area (Å²) in [6.07, 6.45) is 3.64. The Kier molecular flexibility index (Phi) is 3.77. The van der Waals surface area contributed by atoms with Gasteiger partial charge in [-0.1, -0.05) is 0 Å². The minimum Gasteiger partial charge on any atom is -0.467 e. The third kappa shape index (κ3) is 2.78. The maximum Gasteiger partial charge on any atom is 0.353 e. The molecule has 1 aliphatic rings. The number of hydrogen-bond donors (Lipinski definition) is 2. The molecule has 0 spiro atoms. The molecule has 1 aliphatic heterocycles. The highest BCUT2D eigenvalue weighted by Gasteiger charge is 2.26. The molecular weight excluding hydrogens is 288 g/mol. The highest BCUT2D eigenvalue weighted by molar-refractivity contribution is 5.70. The van der Waals surface area contributed by atoms with Crippen LogP contribution in [0.25, 0.3) is 0 Å². The van der Waals surface area contributed by atoms with Gasteiger partial charge in [-0.2, -0.15) is 9.97 Å². The number of furan rings is 1. The van der Waals surface area contributed by atoms with Crippen molar-refractivity contribution in [3.05, 3.63) is 34.3 Å². The summed E-state index contributed by atoms with van der Waals surface area (Å²) < 4.78 is 5.20. The van der Waals surface area contributed by atoms with Crippen molar-refractivity contribution in [2.24, 2.45) is 0 Å². The molecule has 0 bridgehead atoms. The number of nitro groups is 1. The van der Waals surface area contributed by atoms with E-state index < -0.39 is 4.92 Å². The average molecular weight is 304 g/mol. The molecule has 22 heavy (non-hydrogen) atoms. The standard InChI is InChI=1S/C13H16N6O3/c14-11-10(19(20)21)12(15-8-9-4-3-7-22-9)17-13(16-11)18-5-1-2-6-18/h3-4,7H,1-2,5-6,8H2,(H3,14,15,16,17). The Morgan fingerprint density at radius 2 is 2.18 bits per heavy atom. The Balaban J connectivity index is 1.91. The van der Waals surface area contributed by atoms with E-state index in [1.807, 2.05) is 4.90 Å². The second kappa shape index (κ2) is 5.88. The Hall–Kier alpha value is -2.84. The molecule has 0 aliphatic carbocycles. The number of nitrogens with zero attached hydrogens (tertiary/aromatic N) is 4. The average Bonchev–Trinajstić information content (AvgIpc) is 3.17. The van der Waals surface area contributed by atoms with Crippen LogP contribution in [-0.4, -0.2) is 28.0 Å². The molecule has 0 aromatic carbocycles. The number of nitrogen functional groups attached to an aromatic ring is 1. The molecule has 0 amide bonds. The van der Waals surface area contributed by atoms with E-state index in [4.69, 9.17) is 10.2 Å². The highest BCUT2D eigenvalue weighted by atomic mass is 16.6. The minimum atomic E-state index is -0.576. The lowest BCUT2D eigenvalue weighted by Crippen LogP contribution is -2.22. The second-order valence-electron chi connectivity index (χ2n) is 4.99. The zero-order chi connectivity index (χ0) is 15.5. The molecule has 9 nitrogen and oxygen atoms in total. The Morgan fingerprint density at radius 1 is 1.41 bits per heavy atom. The fraction of sp³-hybridized carbons (Fsp3) is 0.385. The highest BCUT2D eigenvalue weighted by Crippen LogP contribution is 2.31. The summed E-state index contributed by atoms with van der Waals surface area (Å²) in [7, 11) is 0. The first-order chi connectivity index (χ1) is 10.6. The van der Waals surface area contributed by atoms with Crippen molar-refractivity contribution in [2.75, 3.05) is 29.0 Å². The Morgan fingerprint density at radius 3 is 2.82 bits per heavy atom. The van der Waals surface area contributed by atoms with E-state index in [0.717, 1.165) is 25.9 Å². The molecular formula is C13H16N6O3. The number of aromatic nitrogens is 2. The third-order valence-corrected chi connectivity index (χ3v) is 3.48. The van der Waals surface area contributed by atoms with Crippen molar-refractivity contribution < 1.29 is 9.34 Å². The van der Waals surface area contributed by atoms with Gasteiger partial charge in [-0.05, 0) is 25.0 Å². The molecule has 3 rings (SSSR count). The molecule has 2 aromatic rings. The molecule has 1 saturated heterocycles. The predicted octanol–water partition coefficient (Wildman–Crippen LogP) is 1.77. The lowest BCUT2D eigenvalue weighted by atomic mass is 10.4. The van der Waals surface area contributed by atoms with Crippen molar-refractivity contribution in [1.82, 2.24) is 9.97 Å². The topological polar surface area (TPSA) is 123 Å². The van der Waals surface area contributed by atoms with Crippen LogP contribution >= 0.6 is 0 Å². The minimum absolute atomic E-state index is 0.107. The second-order valence-corrected chi connectivity index (χ2v) is 4.99. The lowest BCUT2D eigenvalue weighted by molar-refractivity contribution is -0.383. The molecule has 3 heterocycles. The van der Waals surface area contributed by atoms with Gasteiger partial charge in [-0.15, -0.1) is 0 Å². The number of anilines is 3. The molecule has 3 N–H and O–H groups in total. The van der Waals surface area contributed by atoms with Crippen LogP contribution in [0.15, 0.2) is 22.8 Å². The first kappa shape index (κ1) is 14.1. The number of hydrogen-bond acceptors (Lipinski definition) is 8. The summed E-state index contributed by atoms with van der Waals surface area (Å²) in [5, 5.41) is 14.1. The first-order valence-electron chi connectivity index (χ1n) is 6.98. The van der Waals surface area contributed by atoms with E-state index in [-0.39, 0.29) is 23.9 Å². The van der Waals surface area contributed by atoms with Gasteiger partial charge in [0.15, 0.2) is 0 Å². The van der Waals surface area contributed by atoms with E-state index in [0.29, 0.717) is 11.7 Å². The fourth-order valence-corrected chi connectivity index (χ4v) is 2.41. The molecule has 116 valence electrons. The number of rotatable bonds is 5. The van der Waals surface area contributed by atoms with Crippen LogP contribution in [-0.2, 0) is 6.54 Å². The van der Waals surface area contributed by atoms with Crippen molar-refractivity contribution in [1.29, 1.82) is 0 Å². The summed E-state index contributed by atoms with van der Waals surface area (Å²) in [5.41, 5.74) is 5.45. The maximum absolute atomic E-state index is 11.2. The van der Waals surface area contributed by atoms with Gasteiger partial charge in [-0.25, -0.2) is 0 Å². The number of nitrogens with two attached hydrogens (primary N) is 1. The van der Waals surface area contributed by atoms with Gasteiger partial charge in [0.1, 0.15) is 5.76 Å². The molecule has 0 atom stereocenters. The summed E-state index contributed by atoms with van der Waals surface area (Å²) >= 11 is 0. The third-order valence-electron chi connectivity index (χ3n) is 3.48. The molecule has 9 heteroatoms. The van der Waals surface area contributed by atoms with Crippen LogP contribution < -0.4 is 16.0 Å². The normalized spacial score (nSPS) is 14.3.